The normalized spacial score (nSPS) is 12.5. The molecule has 0 radical (unpaired) electrons. The molecule has 3 N–H and O–H groups in total. The third-order valence-corrected chi connectivity index (χ3v) is 2.40. The summed E-state index contributed by atoms with van der Waals surface area (Å²) in [5.41, 5.74) is 5.85. The summed E-state index contributed by atoms with van der Waals surface area (Å²) >= 11 is 0. The van der Waals surface area contributed by atoms with E-state index in [9.17, 15) is 4.79 Å². The van der Waals surface area contributed by atoms with Gasteiger partial charge in [-0.1, -0.05) is 6.92 Å². The van der Waals surface area contributed by atoms with Crippen molar-refractivity contribution in [2.45, 2.75) is 26.3 Å². The minimum Gasteiger partial charge on any atom is -0.382 e. The van der Waals surface area contributed by atoms with Crippen LogP contribution in [-0.4, -0.2) is 34.1 Å². The van der Waals surface area contributed by atoms with Crippen LogP contribution in [0.25, 0.3) is 0 Å². The largest absolute Gasteiger partial charge is 0.382 e. The van der Waals surface area contributed by atoms with Crippen LogP contribution in [-0.2, 0) is 0 Å². The van der Waals surface area contributed by atoms with E-state index >= 15 is 0 Å². The first kappa shape index (κ1) is 10.6. The number of hydrogen-bond acceptors (Lipinski definition) is 3. The second-order valence-corrected chi connectivity index (χ2v) is 3.38. The van der Waals surface area contributed by atoms with Gasteiger partial charge in [0.2, 0.25) is 0 Å². The second-order valence-electron chi connectivity index (χ2n) is 3.38. The van der Waals surface area contributed by atoms with Crippen LogP contribution in [0, 0.1) is 0 Å². The Hall–Kier alpha value is -1.52. The highest BCUT2D eigenvalue weighted by Crippen LogP contribution is 2.08. The number of nitrogens with two attached hydrogens (primary N) is 1. The van der Waals surface area contributed by atoms with Crippen LogP contribution < -0.4 is 5.73 Å². The van der Waals surface area contributed by atoms with Crippen molar-refractivity contribution in [3.63, 3.8) is 0 Å². The van der Waals surface area contributed by atoms with Gasteiger partial charge >= 0.3 is 0 Å². The molecule has 0 saturated heterocycles. The van der Waals surface area contributed by atoms with Gasteiger partial charge in [0.1, 0.15) is 11.5 Å². The number of nitrogens with zero attached hydrogens (tertiary/aromatic N) is 2. The van der Waals surface area contributed by atoms with E-state index in [1.807, 2.05) is 13.8 Å². The molecule has 0 saturated carbocycles. The van der Waals surface area contributed by atoms with E-state index in [0.717, 1.165) is 6.42 Å². The summed E-state index contributed by atoms with van der Waals surface area (Å²) in [6.07, 6.45) is 0.922. The van der Waals surface area contributed by atoms with Crippen LogP contribution in [0.3, 0.4) is 0 Å². The van der Waals surface area contributed by atoms with Gasteiger partial charge in [0.05, 0.1) is 0 Å². The Morgan fingerprint density at radius 2 is 2.43 bits per heavy atom. The smallest absolute Gasteiger partial charge is 0.271 e. The van der Waals surface area contributed by atoms with E-state index < -0.39 is 0 Å². The Bertz CT molecular complexity index is 320. The SMILES string of the molecule is CCC(C)N(C)C(=O)c1cc(N)n[nH]1. The minimum absolute atomic E-state index is 0.0800. The standard InChI is InChI=1S/C9H16N4O/c1-4-6(2)13(3)9(14)7-5-8(10)12-11-7/h5-6H,4H2,1-3H3,(H3,10,11,12). The number of H-pyrrole nitrogens is 1. The quantitative estimate of drug-likeness (QED) is 0.753. The van der Waals surface area contributed by atoms with Crippen molar-refractivity contribution in [2.75, 3.05) is 12.8 Å². The third kappa shape index (κ3) is 2.04. The van der Waals surface area contributed by atoms with Gasteiger partial charge in [-0.25, -0.2) is 0 Å². The summed E-state index contributed by atoms with van der Waals surface area (Å²) in [4.78, 5) is 13.4. The van der Waals surface area contributed by atoms with E-state index in [0.29, 0.717) is 11.5 Å². The number of amides is 1. The molecule has 14 heavy (non-hydrogen) atoms. The minimum atomic E-state index is -0.0800. The van der Waals surface area contributed by atoms with Crippen LogP contribution in [0.5, 0.6) is 0 Å². The number of hydrogen-bond donors (Lipinski definition) is 2. The van der Waals surface area contributed by atoms with Crippen LogP contribution in [0.1, 0.15) is 30.8 Å². The van der Waals surface area contributed by atoms with E-state index in [4.69, 9.17) is 5.73 Å². The topological polar surface area (TPSA) is 75.0 Å². The van der Waals surface area contributed by atoms with Crippen molar-refractivity contribution in [1.29, 1.82) is 0 Å². The second kappa shape index (κ2) is 4.13. The van der Waals surface area contributed by atoms with E-state index in [1.54, 1.807) is 18.0 Å². The summed E-state index contributed by atoms with van der Waals surface area (Å²) in [5.74, 6) is 0.259. The molecule has 1 aromatic rings. The molecule has 0 aliphatic carbocycles. The number of anilines is 1. The molecule has 1 unspecified atom stereocenters. The molecule has 0 fully saturated rings. The average molecular weight is 196 g/mol. The fourth-order valence-electron chi connectivity index (χ4n) is 1.11. The number of aromatic nitrogens is 2. The van der Waals surface area contributed by atoms with Gasteiger partial charge in [-0.3, -0.25) is 9.89 Å². The molecular weight excluding hydrogens is 180 g/mol. The zero-order valence-electron chi connectivity index (χ0n) is 8.74. The molecule has 1 heterocycles. The maximum absolute atomic E-state index is 11.8. The van der Waals surface area contributed by atoms with Gasteiger partial charge < -0.3 is 10.6 Å². The van der Waals surface area contributed by atoms with Crippen molar-refractivity contribution in [1.82, 2.24) is 15.1 Å². The van der Waals surface area contributed by atoms with Crippen LogP contribution in [0.4, 0.5) is 5.82 Å². The lowest BCUT2D eigenvalue weighted by molar-refractivity contribution is 0.0734. The van der Waals surface area contributed by atoms with Gasteiger partial charge in [0.25, 0.3) is 5.91 Å². The van der Waals surface area contributed by atoms with Crippen molar-refractivity contribution in [3.05, 3.63) is 11.8 Å². The first-order valence-electron chi connectivity index (χ1n) is 4.64. The Kier molecular flexibility index (Phi) is 3.11. The van der Waals surface area contributed by atoms with Gasteiger partial charge in [-0.2, -0.15) is 5.10 Å². The highest BCUT2D eigenvalue weighted by atomic mass is 16.2. The fourth-order valence-corrected chi connectivity index (χ4v) is 1.11. The summed E-state index contributed by atoms with van der Waals surface area (Å²) in [6.45, 7) is 4.04. The van der Waals surface area contributed by atoms with E-state index in [-0.39, 0.29) is 11.9 Å². The molecule has 1 aromatic heterocycles. The Labute approximate surface area is 83.3 Å². The van der Waals surface area contributed by atoms with E-state index in [1.165, 1.54) is 0 Å². The fraction of sp³-hybridized carbons (Fsp3) is 0.556. The predicted octanol–water partition coefficient (Wildman–Crippen LogP) is 0.862. The summed E-state index contributed by atoms with van der Waals surface area (Å²) in [7, 11) is 1.77. The molecule has 5 nitrogen and oxygen atoms in total. The molecule has 1 atom stereocenters. The highest BCUT2D eigenvalue weighted by Gasteiger charge is 2.17. The van der Waals surface area contributed by atoms with Gasteiger partial charge in [-0.15, -0.1) is 0 Å². The first-order chi connectivity index (χ1) is 6.56. The zero-order chi connectivity index (χ0) is 10.7. The monoisotopic (exact) mass is 196 g/mol. The first-order valence-corrected chi connectivity index (χ1v) is 4.64. The van der Waals surface area contributed by atoms with Crippen LogP contribution in [0.2, 0.25) is 0 Å². The number of rotatable bonds is 3. The summed E-state index contributed by atoms with van der Waals surface area (Å²) < 4.78 is 0. The van der Waals surface area contributed by atoms with Crippen LogP contribution in [0.15, 0.2) is 6.07 Å². The summed E-state index contributed by atoms with van der Waals surface area (Å²) in [5, 5.41) is 6.31. The zero-order valence-corrected chi connectivity index (χ0v) is 8.74. The molecule has 0 aliphatic rings. The number of nitrogens with one attached hydrogen (secondary N) is 1. The number of carbonyl (C=O) groups is 1. The molecule has 0 bridgehead atoms. The van der Waals surface area contributed by atoms with Gasteiger partial charge in [-0.05, 0) is 13.3 Å². The Morgan fingerprint density at radius 3 is 2.86 bits per heavy atom. The molecule has 1 amide bonds. The maximum atomic E-state index is 11.8. The number of aromatic amines is 1. The van der Waals surface area contributed by atoms with Crippen molar-refractivity contribution in [2.24, 2.45) is 0 Å². The third-order valence-electron chi connectivity index (χ3n) is 2.40. The predicted molar refractivity (Wildman–Crippen MR) is 54.8 cm³/mol. The van der Waals surface area contributed by atoms with Crippen molar-refractivity contribution >= 4 is 11.7 Å². The summed E-state index contributed by atoms with van der Waals surface area (Å²) in [6, 6.07) is 1.76. The lowest BCUT2D eigenvalue weighted by Gasteiger charge is -2.22. The molecule has 5 heteroatoms. The molecule has 0 spiro atoms. The maximum Gasteiger partial charge on any atom is 0.271 e. The van der Waals surface area contributed by atoms with Gasteiger partial charge in [0.15, 0.2) is 0 Å². The molecule has 1 rings (SSSR count). The average Bonchev–Trinajstić information content (AvgIpc) is 2.61. The molecule has 0 aromatic carbocycles. The highest BCUT2D eigenvalue weighted by molar-refractivity contribution is 5.92. The number of nitrogen functional groups attached to an aromatic ring is 1. The van der Waals surface area contributed by atoms with Crippen molar-refractivity contribution in [3.8, 4) is 0 Å². The molecule has 78 valence electrons. The number of carbonyl (C=O) groups excluding carboxylic acids is 1. The molecular formula is C9H16N4O. The lowest BCUT2D eigenvalue weighted by Crippen LogP contribution is -2.34. The Morgan fingerprint density at radius 1 is 1.79 bits per heavy atom. The van der Waals surface area contributed by atoms with Crippen molar-refractivity contribution < 1.29 is 4.79 Å². The Balaban J connectivity index is 2.75. The van der Waals surface area contributed by atoms with Crippen LogP contribution >= 0.6 is 0 Å². The van der Waals surface area contributed by atoms with Gasteiger partial charge in [0, 0.05) is 19.2 Å². The lowest BCUT2D eigenvalue weighted by atomic mass is 10.2. The van der Waals surface area contributed by atoms with E-state index in [2.05, 4.69) is 10.2 Å². The molecule has 0 aliphatic heterocycles.